The molecule has 1 heterocycles. The first kappa shape index (κ1) is 18.0. The van der Waals surface area contributed by atoms with Crippen LogP contribution in [0.1, 0.15) is 33.6 Å². The summed E-state index contributed by atoms with van der Waals surface area (Å²) in [5.74, 6) is 0. The number of carbonyl (C=O) groups is 1. The van der Waals surface area contributed by atoms with E-state index in [-0.39, 0.29) is 18.7 Å². The largest absolute Gasteiger partial charge is 0.444 e. The minimum absolute atomic E-state index is 0.0788. The van der Waals surface area contributed by atoms with E-state index in [1.165, 1.54) is 0 Å². The van der Waals surface area contributed by atoms with Gasteiger partial charge in [0.15, 0.2) is 5.11 Å². The van der Waals surface area contributed by atoms with E-state index in [0.29, 0.717) is 24.7 Å². The van der Waals surface area contributed by atoms with Gasteiger partial charge in [-0.1, -0.05) is 0 Å². The van der Waals surface area contributed by atoms with Gasteiger partial charge < -0.3 is 25.0 Å². The minimum atomic E-state index is -0.458. The topological polar surface area (TPSA) is 65.0 Å². The highest BCUT2D eigenvalue weighted by atomic mass is 32.1. The highest BCUT2D eigenvalue weighted by Crippen LogP contribution is 2.15. The second-order valence-electron chi connectivity index (χ2n) is 6.34. The first-order valence-electron chi connectivity index (χ1n) is 7.33. The third-order valence-electron chi connectivity index (χ3n) is 3.26. The lowest BCUT2D eigenvalue weighted by Gasteiger charge is -2.35. The van der Waals surface area contributed by atoms with E-state index in [2.05, 4.69) is 5.32 Å². The van der Waals surface area contributed by atoms with E-state index in [0.717, 1.165) is 12.8 Å². The number of carbonyl (C=O) groups excluding carboxylic acids is 1. The fourth-order valence-corrected chi connectivity index (χ4v) is 2.33. The van der Waals surface area contributed by atoms with Crippen LogP contribution in [-0.2, 0) is 4.74 Å². The van der Waals surface area contributed by atoms with Crippen molar-refractivity contribution >= 4 is 23.4 Å². The summed E-state index contributed by atoms with van der Waals surface area (Å²) >= 11 is 5.27. The number of likely N-dealkylation sites (N-methyl/N-ethyl adjacent to an activating group) is 1. The Balaban J connectivity index is 2.35. The van der Waals surface area contributed by atoms with Gasteiger partial charge >= 0.3 is 6.09 Å². The average Bonchev–Trinajstić information content (AvgIpc) is 2.37. The molecule has 2 N–H and O–H groups in total. The van der Waals surface area contributed by atoms with Crippen molar-refractivity contribution in [1.29, 1.82) is 0 Å². The van der Waals surface area contributed by atoms with Crippen molar-refractivity contribution in [3.05, 3.63) is 0 Å². The fourth-order valence-electron chi connectivity index (χ4n) is 2.07. The molecule has 0 spiro atoms. The molecular weight excluding hydrogens is 290 g/mol. The van der Waals surface area contributed by atoms with Gasteiger partial charge in [-0.3, -0.25) is 0 Å². The van der Waals surface area contributed by atoms with E-state index in [1.54, 1.807) is 4.90 Å². The predicted octanol–water partition coefficient (Wildman–Crippen LogP) is 1.18. The molecule has 122 valence electrons. The molecule has 1 amide bonds. The van der Waals surface area contributed by atoms with Crippen LogP contribution in [-0.4, -0.2) is 71.0 Å². The standard InChI is InChI=1S/C14H27N3O3S/c1-14(2,3)20-13(19)17-7-5-11(6-8-17)15-12(21)16(4)9-10-18/h11,18H,5-10H2,1-4H3,(H,15,21). The molecule has 0 aliphatic carbocycles. The highest BCUT2D eigenvalue weighted by molar-refractivity contribution is 7.80. The molecule has 1 fully saturated rings. The van der Waals surface area contributed by atoms with Gasteiger partial charge in [0, 0.05) is 32.7 Å². The Morgan fingerprint density at radius 2 is 2.00 bits per heavy atom. The lowest BCUT2D eigenvalue weighted by Crippen LogP contribution is -2.50. The summed E-state index contributed by atoms with van der Waals surface area (Å²) in [4.78, 5) is 15.5. The van der Waals surface area contributed by atoms with E-state index in [1.807, 2.05) is 32.7 Å². The molecule has 0 unspecified atom stereocenters. The van der Waals surface area contributed by atoms with Crippen LogP contribution < -0.4 is 5.32 Å². The number of nitrogens with zero attached hydrogens (tertiary/aromatic N) is 2. The number of aliphatic hydroxyl groups excluding tert-OH is 1. The Kier molecular flexibility index (Phi) is 6.67. The molecule has 1 aliphatic rings. The summed E-state index contributed by atoms with van der Waals surface area (Å²) in [6, 6.07) is 0.261. The molecular formula is C14H27N3O3S. The zero-order valence-corrected chi connectivity index (χ0v) is 14.2. The molecule has 6 nitrogen and oxygen atoms in total. The van der Waals surface area contributed by atoms with Crippen molar-refractivity contribution in [2.24, 2.45) is 0 Å². The number of piperidine rings is 1. The van der Waals surface area contributed by atoms with E-state index in [9.17, 15) is 4.79 Å². The van der Waals surface area contributed by atoms with Crippen molar-refractivity contribution < 1.29 is 14.6 Å². The molecule has 1 rings (SSSR count). The molecule has 0 bridgehead atoms. The third-order valence-corrected chi connectivity index (χ3v) is 3.69. The maximum Gasteiger partial charge on any atom is 0.410 e. The normalized spacial score (nSPS) is 16.5. The summed E-state index contributed by atoms with van der Waals surface area (Å²) in [6.07, 6.45) is 1.43. The smallest absolute Gasteiger partial charge is 0.410 e. The lowest BCUT2D eigenvalue weighted by atomic mass is 10.1. The predicted molar refractivity (Wildman–Crippen MR) is 86.3 cm³/mol. The van der Waals surface area contributed by atoms with Crippen LogP contribution in [0.4, 0.5) is 4.79 Å². The van der Waals surface area contributed by atoms with Crippen LogP contribution in [0, 0.1) is 0 Å². The highest BCUT2D eigenvalue weighted by Gasteiger charge is 2.27. The van der Waals surface area contributed by atoms with Crippen LogP contribution in [0.3, 0.4) is 0 Å². The van der Waals surface area contributed by atoms with Crippen molar-refractivity contribution in [2.45, 2.75) is 45.3 Å². The van der Waals surface area contributed by atoms with Crippen molar-refractivity contribution in [1.82, 2.24) is 15.1 Å². The summed E-state index contributed by atoms with van der Waals surface area (Å²) in [7, 11) is 1.85. The Morgan fingerprint density at radius 1 is 1.43 bits per heavy atom. The number of likely N-dealkylation sites (tertiary alicyclic amines) is 1. The van der Waals surface area contributed by atoms with Crippen molar-refractivity contribution in [2.75, 3.05) is 33.3 Å². The summed E-state index contributed by atoms with van der Waals surface area (Å²) in [6.45, 7) is 7.54. The number of rotatable bonds is 3. The number of amides is 1. The summed E-state index contributed by atoms with van der Waals surface area (Å²) in [5, 5.41) is 12.8. The van der Waals surface area contributed by atoms with Crippen LogP contribution in [0.25, 0.3) is 0 Å². The first-order chi connectivity index (χ1) is 9.73. The number of thiocarbonyl (C=S) groups is 1. The van der Waals surface area contributed by atoms with Crippen molar-refractivity contribution in [3.63, 3.8) is 0 Å². The number of nitrogens with one attached hydrogen (secondary N) is 1. The minimum Gasteiger partial charge on any atom is -0.444 e. The van der Waals surface area contributed by atoms with Crippen LogP contribution >= 0.6 is 12.2 Å². The summed E-state index contributed by atoms with van der Waals surface area (Å²) in [5.41, 5.74) is -0.458. The Labute approximate surface area is 132 Å². The fraction of sp³-hybridized carbons (Fsp3) is 0.857. The Hall–Kier alpha value is -1.08. The molecule has 7 heteroatoms. The molecule has 0 atom stereocenters. The van der Waals surface area contributed by atoms with Crippen LogP contribution in [0.2, 0.25) is 0 Å². The van der Waals surface area contributed by atoms with Crippen LogP contribution in [0.15, 0.2) is 0 Å². The van der Waals surface area contributed by atoms with E-state index >= 15 is 0 Å². The van der Waals surface area contributed by atoms with Crippen LogP contribution in [0.5, 0.6) is 0 Å². The Bertz CT molecular complexity index is 363. The number of ether oxygens (including phenoxy) is 1. The van der Waals surface area contributed by atoms with Gasteiger partial charge in [0.05, 0.1) is 6.61 Å². The maximum absolute atomic E-state index is 12.0. The monoisotopic (exact) mass is 317 g/mol. The molecule has 21 heavy (non-hydrogen) atoms. The Morgan fingerprint density at radius 3 is 2.48 bits per heavy atom. The van der Waals surface area contributed by atoms with Gasteiger partial charge in [-0.05, 0) is 45.8 Å². The molecule has 0 radical (unpaired) electrons. The van der Waals surface area contributed by atoms with Gasteiger partial charge in [0.1, 0.15) is 5.60 Å². The van der Waals surface area contributed by atoms with Gasteiger partial charge in [0.2, 0.25) is 0 Å². The number of hydrogen-bond acceptors (Lipinski definition) is 4. The SMILES string of the molecule is CN(CCO)C(=S)NC1CCN(C(=O)OC(C)(C)C)CC1. The maximum atomic E-state index is 12.0. The van der Waals surface area contributed by atoms with Gasteiger partial charge in [-0.15, -0.1) is 0 Å². The number of hydrogen-bond donors (Lipinski definition) is 2. The average molecular weight is 317 g/mol. The van der Waals surface area contributed by atoms with Gasteiger partial charge in [0.25, 0.3) is 0 Å². The molecule has 0 aromatic heterocycles. The van der Waals surface area contributed by atoms with E-state index < -0.39 is 5.60 Å². The van der Waals surface area contributed by atoms with Crippen molar-refractivity contribution in [3.8, 4) is 0 Å². The quantitative estimate of drug-likeness (QED) is 0.762. The lowest BCUT2D eigenvalue weighted by molar-refractivity contribution is 0.0202. The second-order valence-corrected chi connectivity index (χ2v) is 6.72. The molecule has 1 aliphatic heterocycles. The van der Waals surface area contributed by atoms with E-state index in [4.69, 9.17) is 22.1 Å². The zero-order valence-electron chi connectivity index (χ0n) is 13.4. The summed E-state index contributed by atoms with van der Waals surface area (Å²) < 4.78 is 5.37. The third kappa shape index (κ3) is 6.48. The molecule has 1 saturated heterocycles. The molecule has 0 saturated carbocycles. The van der Waals surface area contributed by atoms with Gasteiger partial charge in [-0.2, -0.15) is 0 Å². The number of aliphatic hydroxyl groups is 1. The molecule has 0 aromatic rings. The second kappa shape index (κ2) is 7.79. The zero-order chi connectivity index (χ0) is 16.0. The molecule has 0 aromatic carbocycles. The van der Waals surface area contributed by atoms with Gasteiger partial charge in [-0.25, -0.2) is 4.79 Å². The first-order valence-corrected chi connectivity index (χ1v) is 7.74.